The molecular weight excluding hydrogens is 271 g/mol. The van der Waals surface area contributed by atoms with Crippen molar-refractivity contribution in [3.05, 3.63) is 58.9 Å². The first-order valence-electron chi connectivity index (χ1n) is 6.32. The number of nitrogens with two attached hydrogens (primary N) is 1. The summed E-state index contributed by atoms with van der Waals surface area (Å²) >= 11 is 0. The number of anilines is 3. The van der Waals surface area contributed by atoms with Crippen LogP contribution < -0.4 is 16.2 Å². The summed E-state index contributed by atoms with van der Waals surface area (Å²) in [6.07, 6.45) is 1.34. The fourth-order valence-corrected chi connectivity index (χ4v) is 2.24. The highest BCUT2D eigenvalue weighted by atomic mass is 19.1. The third-order valence-electron chi connectivity index (χ3n) is 3.35. The molecule has 3 aromatic rings. The molecule has 0 unspecified atom stereocenters. The Hall–Kier alpha value is -2.89. The molecule has 0 bridgehead atoms. The van der Waals surface area contributed by atoms with Crippen LogP contribution in [-0.2, 0) is 0 Å². The number of nitrogen functional groups attached to an aromatic ring is 1. The third-order valence-corrected chi connectivity index (χ3v) is 3.35. The molecule has 0 spiro atoms. The van der Waals surface area contributed by atoms with E-state index in [1.165, 1.54) is 18.5 Å². The number of rotatable bonds is 2. The number of aromatic nitrogens is 2. The van der Waals surface area contributed by atoms with E-state index >= 15 is 0 Å². The van der Waals surface area contributed by atoms with Crippen LogP contribution in [0.2, 0.25) is 0 Å². The van der Waals surface area contributed by atoms with E-state index < -0.39 is 0 Å². The molecule has 0 saturated carbocycles. The molecule has 21 heavy (non-hydrogen) atoms. The predicted octanol–water partition coefficient (Wildman–Crippen LogP) is 2.41. The molecule has 0 fully saturated rings. The molecule has 0 aliphatic heterocycles. The number of fused-ring (bicyclic) bond motifs is 1. The summed E-state index contributed by atoms with van der Waals surface area (Å²) in [5.41, 5.74) is 8.05. The predicted molar refractivity (Wildman–Crippen MR) is 81.2 cm³/mol. The smallest absolute Gasteiger partial charge is 0.258 e. The zero-order chi connectivity index (χ0) is 15.0. The summed E-state index contributed by atoms with van der Waals surface area (Å²) in [6, 6.07) is 9.48. The molecule has 2 aromatic carbocycles. The van der Waals surface area contributed by atoms with Gasteiger partial charge in [-0.3, -0.25) is 4.79 Å². The van der Waals surface area contributed by atoms with E-state index in [-0.39, 0.29) is 11.4 Å². The van der Waals surface area contributed by atoms with Crippen molar-refractivity contribution in [1.82, 2.24) is 9.97 Å². The van der Waals surface area contributed by atoms with Crippen molar-refractivity contribution in [2.24, 2.45) is 0 Å². The Morgan fingerprint density at radius 1 is 1.29 bits per heavy atom. The van der Waals surface area contributed by atoms with Crippen LogP contribution in [0.5, 0.6) is 0 Å². The zero-order valence-electron chi connectivity index (χ0n) is 11.3. The van der Waals surface area contributed by atoms with Crippen molar-refractivity contribution in [1.29, 1.82) is 0 Å². The molecule has 3 N–H and O–H groups in total. The molecule has 0 saturated heterocycles. The van der Waals surface area contributed by atoms with Crippen LogP contribution in [-0.4, -0.2) is 17.0 Å². The van der Waals surface area contributed by atoms with Crippen LogP contribution in [0, 0.1) is 5.82 Å². The van der Waals surface area contributed by atoms with Crippen LogP contribution in [0.1, 0.15) is 0 Å². The van der Waals surface area contributed by atoms with Gasteiger partial charge in [0.2, 0.25) is 0 Å². The molecule has 0 atom stereocenters. The maximum absolute atomic E-state index is 13.3. The summed E-state index contributed by atoms with van der Waals surface area (Å²) < 4.78 is 13.3. The minimum Gasteiger partial charge on any atom is -0.397 e. The molecule has 0 radical (unpaired) electrons. The maximum Gasteiger partial charge on any atom is 0.258 e. The summed E-state index contributed by atoms with van der Waals surface area (Å²) in [4.78, 5) is 20.1. The number of hydrogen-bond acceptors (Lipinski definition) is 4. The minimum absolute atomic E-state index is 0.244. The van der Waals surface area contributed by atoms with Gasteiger partial charge in [-0.05, 0) is 30.3 Å². The second kappa shape index (κ2) is 4.90. The van der Waals surface area contributed by atoms with Gasteiger partial charge in [0.15, 0.2) is 0 Å². The fourth-order valence-electron chi connectivity index (χ4n) is 2.24. The topological polar surface area (TPSA) is 75.0 Å². The molecule has 106 valence electrons. The van der Waals surface area contributed by atoms with Gasteiger partial charge < -0.3 is 15.6 Å². The monoisotopic (exact) mass is 284 g/mol. The first kappa shape index (κ1) is 13.1. The molecule has 0 amide bonds. The van der Waals surface area contributed by atoms with Crippen LogP contribution in [0.4, 0.5) is 21.5 Å². The SMILES string of the molecule is CN(c1cccc(F)c1)c1cc2nc[nH]c(=O)c2cc1N. The lowest BCUT2D eigenvalue weighted by Gasteiger charge is -2.21. The first-order valence-corrected chi connectivity index (χ1v) is 6.32. The molecule has 1 heterocycles. The molecule has 0 aliphatic rings. The van der Waals surface area contributed by atoms with Gasteiger partial charge in [-0.2, -0.15) is 0 Å². The van der Waals surface area contributed by atoms with Crippen molar-refractivity contribution >= 4 is 28.0 Å². The average molecular weight is 284 g/mol. The molecule has 5 nitrogen and oxygen atoms in total. The second-order valence-corrected chi connectivity index (χ2v) is 4.70. The maximum atomic E-state index is 13.3. The van der Waals surface area contributed by atoms with Gasteiger partial charge in [0.1, 0.15) is 5.82 Å². The number of benzene rings is 2. The molecule has 3 rings (SSSR count). The lowest BCUT2D eigenvalue weighted by Crippen LogP contribution is -2.13. The lowest BCUT2D eigenvalue weighted by atomic mass is 10.1. The molecule has 1 aromatic heterocycles. The Labute approximate surface area is 119 Å². The van der Waals surface area contributed by atoms with E-state index in [0.717, 1.165) is 0 Å². The lowest BCUT2D eigenvalue weighted by molar-refractivity contribution is 0.628. The number of H-pyrrole nitrogens is 1. The van der Waals surface area contributed by atoms with Gasteiger partial charge >= 0.3 is 0 Å². The Morgan fingerprint density at radius 2 is 2.10 bits per heavy atom. The van der Waals surface area contributed by atoms with Crippen LogP contribution in [0.25, 0.3) is 10.9 Å². The Morgan fingerprint density at radius 3 is 2.86 bits per heavy atom. The Balaban J connectivity index is 2.16. The average Bonchev–Trinajstić information content (AvgIpc) is 2.47. The van der Waals surface area contributed by atoms with Crippen LogP contribution in [0.3, 0.4) is 0 Å². The summed E-state index contributed by atoms with van der Waals surface area (Å²) in [5.74, 6) is -0.326. The highest BCUT2D eigenvalue weighted by Gasteiger charge is 2.11. The van der Waals surface area contributed by atoms with Gasteiger partial charge in [-0.1, -0.05) is 6.07 Å². The number of nitrogens with zero attached hydrogens (tertiary/aromatic N) is 2. The minimum atomic E-state index is -0.326. The van der Waals surface area contributed by atoms with E-state index in [1.807, 2.05) is 0 Å². The van der Waals surface area contributed by atoms with E-state index in [2.05, 4.69) is 9.97 Å². The van der Waals surface area contributed by atoms with Gasteiger partial charge in [0.25, 0.3) is 5.56 Å². The molecule has 6 heteroatoms. The van der Waals surface area contributed by atoms with Crippen molar-refractivity contribution in [3.63, 3.8) is 0 Å². The number of nitrogens with one attached hydrogen (secondary N) is 1. The number of aromatic amines is 1. The normalized spacial score (nSPS) is 10.8. The highest BCUT2D eigenvalue weighted by Crippen LogP contribution is 2.31. The van der Waals surface area contributed by atoms with Crippen molar-refractivity contribution < 1.29 is 4.39 Å². The number of hydrogen-bond donors (Lipinski definition) is 2. The van der Waals surface area contributed by atoms with E-state index in [0.29, 0.717) is 28.0 Å². The van der Waals surface area contributed by atoms with Gasteiger partial charge in [0, 0.05) is 12.7 Å². The Kier molecular flexibility index (Phi) is 3.06. The van der Waals surface area contributed by atoms with E-state index in [1.54, 1.807) is 36.2 Å². The van der Waals surface area contributed by atoms with E-state index in [4.69, 9.17) is 5.73 Å². The summed E-state index contributed by atoms with van der Waals surface area (Å²) in [5, 5.41) is 0.423. The summed E-state index contributed by atoms with van der Waals surface area (Å²) in [7, 11) is 1.78. The molecular formula is C15H13FN4O. The zero-order valence-corrected chi connectivity index (χ0v) is 11.3. The van der Waals surface area contributed by atoms with Crippen molar-refractivity contribution in [2.45, 2.75) is 0 Å². The quantitative estimate of drug-likeness (QED) is 0.709. The largest absolute Gasteiger partial charge is 0.397 e. The van der Waals surface area contributed by atoms with Crippen LogP contribution in [0.15, 0.2) is 47.5 Å². The van der Waals surface area contributed by atoms with Crippen molar-refractivity contribution in [2.75, 3.05) is 17.7 Å². The first-order chi connectivity index (χ1) is 10.1. The molecule has 0 aliphatic carbocycles. The van der Waals surface area contributed by atoms with E-state index in [9.17, 15) is 9.18 Å². The standard InChI is InChI=1S/C15H13FN4O/c1-20(10-4-2-3-9(16)5-10)14-7-13-11(6-12(14)17)15(21)19-8-18-13/h2-8H,17H2,1H3,(H,18,19,21). The second-order valence-electron chi connectivity index (χ2n) is 4.70. The number of halogens is 1. The summed E-state index contributed by atoms with van der Waals surface area (Å²) in [6.45, 7) is 0. The van der Waals surface area contributed by atoms with Crippen LogP contribution >= 0.6 is 0 Å². The Bertz CT molecular complexity index is 875. The van der Waals surface area contributed by atoms with Crippen molar-refractivity contribution in [3.8, 4) is 0 Å². The van der Waals surface area contributed by atoms with Gasteiger partial charge in [-0.25, -0.2) is 9.37 Å². The van der Waals surface area contributed by atoms with Gasteiger partial charge in [-0.15, -0.1) is 0 Å². The fraction of sp³-hybridized carbons (Fsp3) is 0.0667. The third kappa shape index (κ3) is 2.31. The van der Waals surface area contributed by atoms with Gasteiger partial charge in [0.05, 0.1) is 28.6 Å². The highest BCUT2D eigenvalue weighted by molar-refractivity contribution is 5.90.